The maximum absolute atomic E-state index is 12.3. The zero-order valence-electron chi connectivity index (χ0n) is 8.67. The minimum atomic E-state index is -4.29. The van der Waals surface area contributed by atoms with Crippen LogP contribution in [0.25, 0.3) is 5.32 Å². The van der Waals surface area contributed by atoms with E-state index in [0.717, 1.165) is 12.1 Å². The van der Waals surface area contributed by atoms with Crippen LogP contribution in [0.1, 0.15) is 19.4 Å². The Morgan fingerprint density at radius 2 is 1.93 bits per heavy atom. The van der Waals surface area contributed by atoms with Crippen LogP contribution in [-0.4, -0.2) is 6.54 Å². The molecule has 15 heavy (non-hydrogen) atoms. The molecule has 0 saturated heterocycles. The third-order valence-electron chi connectivity index (χ3n) is 1.81. The van der Waals surface area contributed by atoms with Crippen molar-refractivity contribution in [3.8, 4) is 0 Å². The van der Waals surface area contributed by atoms with Crippen molar-refractivity contribution >= 4 is 5.69 Å². The first-order valence-corrected chi connectivity index (χ1v) is 4.74. The summed E-state index contributed by atoms with van der Waals surface area (Å²) in [6.07, 6.45) is -4.29. The van der Waals surface area contributed by atoms with Gasteiger partial charge in [-0.05, 0) is 0 Å². The minimum absolute atomic E-state index is 0.347. The quantitative estimate of drug-likeness (QED) is 0.712. The predicted octanol–water partition coefficient (Wildman–Crippen LogP) is 4.37. The van der Waals surface area contributed by atoms with Gasteiger partial charge in [-0.3, -0.25) is 0 Å². The molecule has 0 radical (unpaired) electrons. The molecule has 1 aromatic carbocycles. The van der Waals surface area contributed by atoms with E-state index in [9.17, 15) is 13.2 Å². The van der Waals surface area contributed by atoms with Gasteiger partial charge in [0.05, 0.1) is 5.56 Å². The maximum Gasteiger partial charge on any atom is 0.416 e. The monoisotopic (exact) mass is 216 g/mol. The number of alkyl halides is 3. The van der Waals surface area contributed by atoms with Crippen molar-refractivity contribution in [3.05, 3.63) is 35.1 Å². The Morgan fingerprint density at radius 1 is 1.27 bits per heavy atom. The van der Waals surface area contributed by atoms with Gasteiger partial charge in [0, 0.05) is 0 Å². The van der Waals surface area contributed by atoms with Gasteiger partial charge < -0.3 is 5.32 Å². The molecule has 0 unspecified atom stereocenters. The highest BCUT2D eigenvalue weighted by molar-refractivity contribution is 5.50. The fourth-order valence-corrected chi connectivity index (χ4v) is 1.07. The van der Waals surface area contributed by atoms with Crippen LogP contribution in [0.15, 0.2) is 24.3 Å². The van der Waals surface area contributed by atoms with Crippen LogP contribution < -0.4 is 0 Å². The summed E-state index contributed by atoms with van der Waals surface area (Å²) in [7, 11) is 0. The van der Waals surface area contributed by atoms with Crippen LogP contribution in [0.5, 0.6) is 0 Å². The lowest BCUT2D eigenvalue weighted by molar-refractivity contribution is -0.137. The zero-order valence-corrected chi connectivity index (χ0v) is 8.67. The Bertz CT molecular complexity index is 318. The van der Waals surface area contributed by atoms with Crippen LogP contribution in [0, 0.1) is 5.92 Å². The van der Waals surface area contributed by atoms with E-state index in [1.54, 1.807) is 6.07 Å². The lowest BCUT2D eigenvalue weighted by atomic mass is 10.1. The predicted molar refractivity (Wildman–Crippen MR) is 54.2 cm³/mol. The second kappa shape index (κ2) is 4.55. The molecule has 0 bridgehead atoms. The molecule has 0 saturated carbocycles. The van der Waals surface area contributed by atoms with E-state index in [0.29, 0.717) is 18.2 Å². The normalized spacial score (nSPS) is 11.9. The minimum Gasteiger partial charge on any atom is -0.684 e. The smallest absolute Gasteiger partial charge is 0.416 e. The van der Waals surface area contributed by atoms with Crippen molar-refractivity contribution in [2.75, 3.05) is 6.54 Å². The van der Waals surface area contributed by atoms with Crippen LogP contribution in [0.4, 0.5) is 18.9 Å². The average molecular weight is 216 g/mol. The van der Waals surface area contributed by atoms with Gasteiger partial charge in [-0.1, -0.05) is 44.0 Å². The molecule has 1 aromatic rings. The molecule has 0 fully saturated rings. The second-order valence-electron chi connectivity index (χ2n) is 3.78. The van der Waals surface area contributed by atoms with Crippen LogP contribution in [0.3, 0.4) is 0 Å². The summed E-state index contributed by atoms with van der Waals surface area (Å²) in [5.41, 5.74) is -0.258. The van der Waals surface area contributed by atoms with Crippen molar-refractivity contribution < 1.29 is 13.2 Å². The van der Waals surface area contributed by atoms with Gasteiger partial charge in [0.2, 0.25) is 0 Å². The number of halogens is 3. The first kappa shape index (κ1) is 11.9. The van der Waals surface area contributed by atoms with Crippen LogP contribution in [0.2, 0.25) is 0 Å². The Labute approximate surface area is 87.3 Å². The van der Waals surface area contributed by atoms with E-state index < -0.39 is 11.7 Å². The lowest BCUT2D eigenvalue weighted by Crippen LogP contribution is -2.04. The van der Waals surface area contributed by atoms with Gasteiger partial charge in [0.1, 0.15) is 0 Å². The summed E-state index contributed by atoms with van der Waals surface area (Å²) >= 11 is 0. The summed E-state index contributed by atoms with van der Waals surface area (Å²) < 4.78 is 37.0. The summed E-state index contributed by atoms with van der Waals surface area (Å²) in [6, 6.07) is 5.08. The summed E-state index contributed by atoms with van der Waals surface area (Å²) in [4.78, 5) is 0. The second-order valence-corrected chi connectivity index (χ2v) is 3.78. The van der Waals surface area contributed by atoms with Crippen molar-refractivity contribution in [3.63, 3.8) is 0 Å². The first-order valence-electron chi connectivity index (χ1n) is 4.74. The van der Waals surface area contributed by atoms with Gasteiger partial charge in [-0.2, -0.15) is 13.2 Å². The van der Waals surface area contributed by atoms with Crippen molar-refractivity contribution in [2.45, 2.75) is 20.0 Å². The first-order chi connectivity index (χ1) is 6.89. The Kier molecular flexibility index (Phi) is 3.61. The van der Waals surface area contributed by atoms with Gasteiger partial charge in [0.25, 0.3) is 0 Å². The van der Waals surface area contributed by atoms with Gasteiger partial charge in [0.15, 0.2) is 0 Å². The standard InChI is InChI=1S/C11H13F3N/c1-8(2)7-15-10-5-3-4-9(6-10)11(12,13)14/h3-6,8H,7H2,1-2H3/q-1. The molecule has 0 atom stereocenters. The highest BCUT2D eigenvalue weighted by atomic mass is 19.4. The Hall–Kier alpha value is -1.19. The average Bonchev–Trinajstić information content (AvgIpc) is 2.14. The molecule has 4 heteroatoms. The summed E-state index contributed by atoms with van der Waals surface area (Å²) in [5, 5.41) is 4.08. The molecule has 1 rings (SSSR count). The third-order valence-corrected chi connectivity index (χ3v) is 1.81. The van der Waals surface area contributed by atoms with Gasteiger partial charge in [-0.25, -0.2) is 0 Å². The van der Waals surface area contributed by atoms with Crippen molar-refractivity contribution in [1.82, 2.24) is 0 Å². The highest BCUT2D eigenvalue weighted by Crippen LogP contribution is 2.32. The molecule has 84 valence electrons. The molecule has 0 aromatic heterocycles. The molecule has 0 aliphatic rings. The van der Waals surface area contributed by atoms with E-state index in [-0.39, 0.29) is 0 Å². The highest BCUT2D eigenvalue weighted by Gasteiger charge is 2.29. The maximum atomic E-state index is 12.3. The van der Waals surface area contributed by atoms with E-state index >= 15 is 0 Å². The summed E-state index contributed by atoms with van der Waals surface area (Å²) in [6.45, 7) is 4.48. The zero-order chi connectivity index (χ0) is 11.5. The molecule has 0 aliphatic heterocycles. The van der Waals surface area contributed by atoms with E-state index in [1.165, 1.54) is 6.07 Å². The van der Waals surface area contributed by atoms with Gasteiger partial charge in [-0.15, -0.1) is 12.2 Å². The topological polar surface area (TPSA) is 14.1 Å². The SMILES string of the molecule is CC(C)C[N-]c1cccc(C(F)(F)F)c1. The Balaban J connectivity index is 2.75. The lowest BCUT2D eigenvalue weighted by Gasteiger charge is -2.24. The molecule has 0 amide bonds. The van der Waals surface area contributed by atoms with Crippen LogP contribution >= 0.6 is 0 Å². The molecular formula is C11H13F3N-. The molecule has 0 N–H and O–H groups in total. The van der Waals surface area contributed by atoms with Gasteiger partial charge >= 0.3 is 6.18 Å². The number of benzene rings is 1. The summed E-state index contributed by atoms with van der Waals surface area (Å²) in [5.74, 6) is 0.347. The van der Waals surface area contributed by atoms with E-state index in [2.05, 4.69) is 5.32 Å². The van der Waals surface area contributed by atoms with Crippen molar-refractivity contribution in [2.24, 2.45) is 5.92 Å². The van der Waals surface area contributed by atoms with E-state index in [4.69, 9.17) is 0 Å². The largest absolute Gasteiger partial charge is 0.684 e. The molecule has 1 nitrogen and oxygen atoms in total. The molecule has 0 spiro atoms. The fourth-order valence-electron chi connectivity index (χ4n) is 1.07. The van der Waals surface area contributed by atoms with E-state index in [1.807, 2.05) is 13.8 Å². The van der Waals surface area contributed by atoms with Crippen LogP contribution in [-0.2, 0) is 6.18 Å². The Morgan fingerprint density at radius 3 is 2.47 bits per heavy atom. The molecule has 0 aliphatic carbocycles. The molecule has 0 heterocycles. The third kappa shape index (κ3) is 3.81. The number of hydrogen-bond acceptors (Lipinski definition) is 0. The number of rotatable bonds is 3. The van der Waals surface area contributed by atoms with Crippen molar-refractivity contribution in [1.29, 1.82) is 0 Å². The number of nitrogens with zero attached hydrogens (tertiary/aromatic N) is 1. The number of hydrogen-bond donors (Lipinski definition) is 0. The molecular weight excluding hydrogens is 203 g/mol. The fraction of sp³-hybridized carbons (Fsp3) is 0.455.